The highest BCUT2D eigenvalue weighted by Gasteiger charge is 2.33. The lowest BCUT2D eigenvalue weighted by molar-refractivity contribution is -0.0766. The third-order valence-corrected chi connectivity index (χ3v) is 4.81. The van der Waals surface area contributed by atoms with Gasteiger partial charge in [0.1, 0.15) is 6.23 Å². The fourth-order valence-corrected chi connectivity index (χ4v) is 3.31. The van der Waals surface area contributed by atoms with Crippen LogP contribution in [-0.4, -0.2) is 59.7 Å². The smallest absolute Gasteiger partial charge is 0.151 e. The lowest BCUT2D eigenvalue weighted by Crippen LogP contribution is -2.55. The zero-order valence-electron chi connectivity index (χ0n) is 13.5. The van der Waals surface area contributed by atoms with E-state index in [1.54, 1.807) is 25.1 Å². The van der Waals surface area contributed by atoms with E-state index in [1.807, 2.05) is 9.80 Å². The average Bonchev–Trinajstić information content (AvgIpc) is 2.52. The molecule has 128 valence electrons. The summed E-state index contributed by atoms with van der Waals surface area (Å²) >= 11 is 0. The Bertz CT molecular complexity index is 527. The van der Waals surface area contributed by atoms with E-state index in [9.17, 15) is 9.50 Å². The highest BCUT2D eigenvalue weighted by Crippen LogP contribution is 2.29. The molecule has 0 saturated carbocycles. The fourth-order valence-electron chi connectivity index (χ4n) is 3.31. The molecule has 2 aliphatic rings. The van der Waals surface area contributed by atoms with Crippen molar-refractivity contribution < 1.29 is 19.3 Å². The molecule has 2 fully saturated rings. The van der Waals surface area contributed by atoms with Crippen LogP contribution in [0, 0.1) is 5.82 Å². The second kappa shape index (κ2) is 7.13. The van der Waals surface area contributed by atoms with E-state index in [0.717, 1.165) is 25.9 Å². The molecule has 1 unspecified atom stereocenters. The SMILES string of the molecule is CC(O)N1CCC(OC2CN(c3cccc(CO)c3F)C2)CC1. The number of anilines is 1. The molecule has 2 aliphatic heterocycles. The maximum Gasteiger partial charge on any atom is 0.151 e. The highest BCUT2D eigenvalue weighted by molar-refractivity contribution is 5.52. The first kappa shape index (κ1) is 16.6. The third kappa shape index (κ3) is 3.66. The minimum absolute atomic E-state index is 0.135. The van der Waals surface area contributed by atoms with Crippen LogP contribution in [0.15, 0.2) is 18.2 Å². The van der Waals surface area contributed by atoms with Crippen LogP contribution in [-0.2, 0) is 11.3 Å². The summed E-state index contributed by atoms with van der Waals surface area (Å²) in [5, 5.41) is 18.7. The number of aliphatic hydroxyl groups excluding tert-OH is 2. The first-order valence-electron chi connectivity index (χ1n) is 8.29. The minimum Gasteiger partial charge on any atom is -0.392 e. The van der Waals surface area contributed by atoms with Crippen LogP contribution in [0.1, 0.15) is 25.3 Å². The molecule has 0 radical (unpaired) electrons. The molecule has 0 spiro atoms. The summed E-state index contributed by atoms with van der Waals surface area (Å²) in [7, 11) is 0. The fraction of sp³-hybridized carbons (Fsp3) is 0.647. The van der Waals surface area contributed by atoms with E-state index >= 15 is 0 Å². The molecular weight excluding hydrogens is 299 g/mol. The number of hydrogen-bond acceptors (Lipinski definition) is 5. The highest BCUT2D eigenvalue weighted by atomic mass is 19.1. The van der Waals surface area contributed by atoms with Crippen LogP contribution in [0.5, 0.6) is 0 Å². The topological polar surface area (TPSA) is 56.2 Å². The van der Waals surface area contributed by atoms with Crippen molar-refractivity contribution >= 4 is 5.69 Å². The van der Waals surface area contributed by atoms with Crippen molar-refractivity contribution in [1.82, 2.24) is 4.90 Å². The molecular formula is C17H25FN2O3. The largest absolute Gasteiger partial charge is 0.392 e. The lowest BCUT2D eigenvalue weighted by Gasteiger charge is -2.44. The molecule has 0 amide bonds. The monoisotopic (exact) mass is 324 g/mol. The molecule has 0 aromatic heterocycles. The van der Waals surface area contributed by atoms with Gasteiger partial charge >= 0.3 is 0 Å². The summed E-state index contributed by atoms with van der Waals surface area (Å²) in [4.78, 5) is 3.99. The first-order chi connectivity index (χ1) is 11.1. The Kier molecular flexibility index (Phi) is 5.16. The molecule has 2 N–H and O–H groups in total. The zero-order chi connectivity index (χ0) is 16.4. The van der Waals surface area contributed by atoms with Gasteiger partial charge in [-0.25, -0.2) is 4.39 Å². The molecule has 1 aromatic rings. The Labute approximate surface area is 136 Å². The van der Waals surface area contributed by atoms with E-state index < -0.39 is 6.23 Å². The van der Waals surface area contributed by atoms with Crippen LogP contribution in [0.4, 0.5) is 10.1 Å². The lowest BCUT2D eigenvalue weighted by atomic mass is 10.0. The van der Waals surface area contributed by atoms with E-state index in [-0.39, 0.29) is 24.6 Å². The molecule has 1 atom stereocenters. The quantitative estimate of drug-likeness (QED) is 0.856. The van der Waals surface area contributed by atoms with Gasteiger partial charge in [-0.3, -0.25) is 4.90 Å². The number of rotatable bonds is 5. The van der Waals surface area contributed by atoms with Gasteiger partial charge in [0.2, 0.25) is 0 Å². The molecule has 2 saturated heterocycles. The van der Waals surface area contributed by atoms with Gasteiger partial charge in [0.15, 0.2) is 5.82 Å². The molecule has 0 bridgehead atoms. The van der Waals surface area contributed by atoms with E-state index in [1.165, 1.54) is 0 Å². The van der Waals surface area contributed by atoms with E-state index in [2.05, 4.69) is 0 Å². The Balaban J connectivity index is 1.47. The number of ether oxygens (including phenoxy) is 1. The summed E-state index contributed by atoms with van der Waals surface area (Å²) in [6.45, 7) is 4.58. The Morgan fingerprint density at radius 1 is 1.26 bits per heavy atom. The summed E-state index contributed by atoms with van der Waals surface area (Å²) < 4.78 is 20.3. The summed E-state index contributed by atoms with van der Waals surface area (Å²) in [6, 6.07) is 5.11. The van der Waals surface area contributed by atoms with Gasteiger partial charge < -0.3 is 19.8 Å². The van der Waals surface area contributed by atoms with Crippen molar-refractivity contribution in [2.75, 3.05) is 31.1 Å². The second-order valence-electron chi connectivity index (χ2n) is 6.44. The minimum atomic E-state index is -0.392. The predicted molar refractivity (Wildman–Crippen MR) is 85.7 cm³/mol. The Morgan fingerprint density at radius 3 is 2.57 bits per heavy atom. The molecule has 3 rings (SSSR count). The van der Waals surface area contributed by atoms with E-state index in [4.69, 9.17) is 9.84 Å². The maximum atomic E-state index is 14.2. The Morgan fingerprint density at radius 2 is 1.96 bits per heavy atom. The van der Waals surface area contributed by atoms with Crippen molar-refractivity contribution in [3.05, 3.63) is 29.6 Å². The molecule has 5 nitrogen and oxygen atoms in total. The standard InChI is InChI=1S/C17H25FN2O3/c1-12(22)19-7-5-14(6-8-19)23-15-9-20(10-15)16-4-2-3-13(11-21)17(16)18/h2-4,12,14-15,21-22H,5-11H2,1H3. The van der Waals surface area contributed by atoms with Gasteiger partial charge in [-0.1, -0.05) is 12.1 Å². The van der Waals surface area contributed by atoms with Gasteiger partial charge in [0.25, 0.3) is 0 Å². The van der Waals surface area contributed by atoms with E-state index in [0.29, 0.717) is 24.3 Å². The van der Waals surface area contributed by atoms with Crippen molar-refractivity contribution in [2.24, 2.45) is 0 Å². The number of aliphatic hydroxyl groups is 2. The number of halogens is 1. The van der Waals surface area contributed by atoms with Crippen LogP contribution in [0.25, 0.3) is 0 Å². The van der Waals surface area contributed by atoms with Crippen molar-refractivity contribution in [2.45, 2.75) is 44.8 Å². The van der Waals surface area contributed by atoms with Crippen LogP contribution < -0.4 is 4.90 Å². The summed E-state index contributed by atoms with van der Waals surface area (Å²) in [5.74, 6) is -0.335. The van der Waals surface area contributed by atoms with Crippen molar-refractivity contribution in [3.63, 3.8) is 0 Å². The molecule has 0 aliphatic carbocycles. The number of hydrogen-bond donors (Lipinski definition) is 2. The van der Waals surface area contributed by atoms with Gasteiger partial charge in [0.05, 0.1) is 24.5 Å². The Hall–Kier alpha value is -1.21. The van der Waals surface area contributed by atoms with Crippen molar-refractivity contribution in [3.8, 4) is 0 Å². The van der Waals surface area contributed by atoms with Crippen LogP contribution in [0.2, 0.25) is 0 Å². The summed E-state index contributed by atoms with van der Waals surface area (Å²) in [6.07, 6.45) is 1.82. The first-order valence-corrected chi connectivity index (χ1v) is 8.29. The zero-order valence-corrected chi connectivity index (χ0v) is 13.5. The second-order valence-corrected chi connectivity index (χ2v) is 6.44. The maximum absolute atomic E-state index is 14.2. The van der Waals surface area contributed by atoms with Gasteiger partial charge in [-0.15, -0.1) is 0 Å². The number of likely N-dealkylation sites (tertiary alicyclic amines) is 1. The normalized spacial score (nSPS) is 22.2. The molecule has 6 heteroatoms. The van der Waals surface area contributed by atoms with Crippen LogP contribution >= 0.6 is 0 Å². The molecule has 23 heavy (non-hydrogen) atoms. The molecule has 2 heterocycles. The number of piperidine rings is 1. The van der Waals surface area contributed by atoms with Gasteiger partial charge in [-0.2, -0.15) is 0 Å². The van der Waals surface area contributed by atoms with Gasteiger partial charge in [0, 0.05) is 31.7 Å². The predicted octanol–water partition coefficient (Wildman–Crippen LogP) is 1.33. The molecule has 1 aromatic carbocycles. The summed E-state index contributed by atoms with van der Waals surface area (Å²) in [5.41, 5.74) is 0.873. The number of benzene rings is 1. The van der Waals surface area contributed by atoms with Crippen molar-refractivity contribution in [1.29, 1.82) is 0 Å². The third-order valence-electron chi connectivity index (χ3n) is 4.81. The van der Waals surface area contributed by atoms with Crippen LogP contribution in [0.3, 0.4) is 0 Å². The number of nitrogens with zero attached hydrogens (tertiary/aromatic N) is 2. The average molecular weight is 324 g/mol. The van der Waals surface area contributed by atoms with Gasteiger partial charge in [-0.05, 0) is 25.8 Å².